The molecule has 0 aliphatic carbocycles. The van der Waals surface area contributed by atoms with Crippen LogP contribution in [0.3, 0.4) is 0 Å². The molecule has 86 valence electrons. The van der Waals surface area contributed by atoms with Crippen molar-refractivity contribution in [3.8, 4) is 0 Å². The minimum Gasteiger partial charge on any atom is -0.336 e. The van der Waals surface area contributed by atoms with E-state index >= 15 is 0 Å². The molecule has 3 aromatic heterocycles. The highest BCUT2D eigenvalue weighted by molar-refractivity contribution is 5.35. The Balaban J connectivity index is 2.10. The highest BCUT2D eigenvalue weighted by atomic mass is 16.2. The van der Waals surface area contributed by atoms with Crippen molar-refractivity contribution >= 4 is 5.65 Å². The predicted molar refractivity (Wildman–Crippen MR) is 61.8 cm³/mol. The zero-order chi connectivity index (χ0) is 11.8. The third kappa shape index (κ3) is 1.54. The van der Waals surface area contributed by atoms with Gasteiger partial charge in [0, 0.05) is 25.6 Å². The van der Waals surface area contributed by atoms with E-state index in [1.165, 1.54) is 9.08 Å². The van der Waals surface area contributed by atoms with Gasteiger partial charge in [-0.05, 0) is 12.1 Å². The summed E-state index contributed by atoms with van der Waals surface area (Å²) in [5, 5.41) is 4.24. The quantitative estimate of drug-likeness (QED) is 0.634. The van der Waals surface area contributed by atoms with Crippen LogP contribution in [0, 0.1) is 0 Å². The van der Waals surface area contributed by atoms with Crippen LogP contribution >= 0.6 is 0 Å². The maximum atomic E-state index is 12.0. The molecule has 0 fully saturated rings. The molecule has 0 aliphatic rings. The average molecular weight is 229 g/mol. The van der Waals surface area contributed by atoms with Crippen molar-refractivity contribution in [2.45, 2.75) is 6.54 Å². The molecule has 0 aromatic carbocycles. The smallest absolute Gasteiger partial charge is 0.336 e. The molecule has 0 saturated carbocycles. The van der Waals surface area contributed by atoms with Crippen molar-refractivity contribution in [3.63, 3.8) is 0 Å². The van der Waals surface area contributed by atoms with Crippen LogP contribution in [0.1, 0.15) is 5.82 Å². The summed E-state index contributed by atoms with van der Waals surface area (Å²) in [5.41, 5.74) is 0.496. The van der Waals surface area contributed by atoms with Crippen LogP contribution in [-0.2, 0) is 13.6 Å². The number of imidazole rings is 1. The van der Waals surface area contributed by atoms with E-state index < -0.39 is 0 Å². The fourth-order valence-corrected chi connectivity index (χ4v) is 1.75. The number of hydrogen-bond acceptors (Lipinski definition) is 3. The molecule has 0 bridgehead atoms. The van der Waals surface area contributed by atoms with Gasteiger partial charge in [0.2, 0.25) is 0 Å². The lowest BCUT2D eigenvalue weighted by Gasteiger charge is -1.99. The maximum absolute atomic E-state index is 12.0. The Kier molecular flexibility index (Phi) is 2.07. The van der Waals surface area contributed by atoms with Gasteiger partial charge >= 0.3 is 5.69 Å². The molecule has 0 amide bonds. The van der Waals surface area contributed by atoms with Gasteiger partial charge < -0.3 is 4.57 Å². The summed E-state index contributed by atoms with van der Waals surface area (Å²) >= 11 is 0. The second kappa shape index (κ2) is 3.58. The van der Waals surface area contributed by atoms with Crippen LogP contribution in [0.15, 0.2) is 41.6 Å². The second-order valence-electron chi connectivity index (χ2n) is 3.82. The van der Waals surface area contributed by atoms with Gasteiger partial charge in [0.1, 0.15) is 12.4 Å². The van der Waals surface area contributed by atoms with Crippen molar-refractivity contribution in [2.75, 3.05) is 0 Å². The summed E-state index contributed by atoms with van der Waals surface area (Å²) in [6, 6.07) is 5.46. The Morgan fingerprint density at radius 2 is 2.18 bits per heavy atom. The first kappa shape index (κ1) is 9.83. The molecular formula is C11H11N5O. The molecule has 0 N–H and O–H groups in total. The average Bonchev–Trinajstić information content (AvgIpc) is 2.87. The SMILES string of the molecule is Cn1ccnc1Cn1nc2ccccn2c1=O. The lowest BCUT2D eigenvalue weighted by Crippen LogP contribution is -2.22. The molecule has 6 nitrogen and oxygen atoms in total. The van der Waals surface area contributed by atoms with Crippen LogP contribution in [-0.4, -0.2) is 23.7 Å². The number of hydrogen-bond donors (Lipinski definition) is 0. The molecule has 6 heteroatoms. The molecule has 3 aromatic rings. The summed E-state index contributed by atoms with van der Waals surface area (Å²) in [6.07, 6.45) is 5.26. The summed E-state index contributed by atoms with van der Waals surface area (Å²) in [7, 11) is 1.89. The molecule has 0 aliphatic heterocycles. The van der Waals surface area contributed by atoms with Gasteiger partial charge in [0.25, 0.3) is 0 Å². The highest BCUT2D eigenvalue weighted by Crippen LogP contribution is 1.99. The van der Waals surface area contributed by atoms with Gasteiger partial charge in [0.15, 0.2) is 5.65 Å². The second-order valence-corrected chi connectivity index (χ2v) is 3.82. The molecule has 17 heavy (non-hydrogen) atoms. The van der Waals surface area contributed by atoms with E-state index in [0.29, 0.717) is 12.2 Å². The Morgan fingerprint density at radius 3 is 2.88 bits per heavy atom. The zero-order valence-electron chi connectivity index (χ0n) is 9.32. The molecule has 0 saturated heterocycles. The fraction of sp³-hybridized carbons (Fsp3) is 0.182. The number of rotatable bonds is 2. The summed E-state index contributed by atoms with van der Waals surface area (Å²) in [6.45, 7) is 0.379. The van der Waals surface area contributed by atoms with Gasteiger partial charge in [-0.15, -0.1) is 5.10 Å². The van der Waals surface area contributed by atoms with Crippen LogP contribution < -0.4 is 5.69 Å². The van der Waals surface area contributed by atoms with E-state index in [2.05, 4.69) is 10.1 Å². The van der Waals surface area contributed by atoms with E-state index in [9.17, 15) is 4.79 Å². The molecular weight excluding hydrogens is 218 g/mol. The van der Waals surface area contributed by atoms with Crippen molar-refractivity contribution in [3.05, 3.63) is 53.1 Å². The van der Waals surface area contributed by atoms with Gasteiger partial charge in [-0.2, -0.15) is 0 Å². The van der Waals surface area contributed by atoms with E-state index in [4.69, 9.17) is 0 Å². The van der Waals surface area contributed by atoms with Crippen LogP contribution in [0.2, 0.25) is 0 Å². The largest absolute Gasteiger partial charge is 0.350 e. The number of fused-ring (bicyclic) bond motifs is 1. The first-order valence-electron chi connectivity index (χ1n) is 5.26. The van der Waals surface area contributed by atoms with Gasteiger partial charge in [-0.3, -0.25) is 4.40 Å². The van der Waals surface area contributed by atoms with Crippen molar-refractivity contribution in [1.82, 2.24) is 23.7 Å². The molecule has 3 heterocycles. The van der Waals surface area contributed by atoms with E-state index in [1.54, 1.807) is 24.5 Å². The fourth-order valence-electron chi connectivity index (χ4n) is 1.75. The number of pyridine rings is 1. The molecule has 0 radical (unpaired) electrons. The first-order chi connectivity index (χ1) is 8.25. The highest BCUT2D eigenvalue weighted by Gasteiger charge is 2.08. The lowest BCUT2D eigenvalue weighted by molar-refractivity contribution is 0.611. The van der Waals surface area contributed by atoms with E-state index in [0.717, 1.165) is 5.82 Å². The third-order valence-electron chi connectivity index (χ3n) is 2.70. The van der Waals surface area contributed by atoms with E-state index in [-0.39, 0.29) is 5.69 Å². The molecule has 0 atom stereocenters. The predicted octanol–water partition coefficient (Wildman–Crippen LogP) is 0.278. The normalized spacial score (nSPS) is 11.1. The monoisotopic (exact) mass is 229 g/mol. The minimum atomic E-state index is -0.149. The van der Waals surface area contributed by atoms with E-state index in [1.807, 2.05) is 23.9 Å². The Morgan fingerprint density at radius 1 is 1.29 bits per heavy atom. The topological polar surface area (TPSA) is 57.1 Å². The lowest BCUT2D eigenvalue weighted by atomic mass is 10.5. The summed E-state index contributed by atoms with van der Waals surface area (Å²) in [4.78, 5) is 16.2. The Labute approximate surface area is 96.8 Å². The molecule has 3 rings (SSSR count). The number of nitrogens with zero attached hydrogens (tertiary/aromatic N) is 5. The summed E-state index contributed by atoms with van der Waals surface area (Å²) in [5.74, 6) is 0.801. The van der Waals surface area contributed by atoms with Crippen LogP contribution in [0.4, 0.5) is 0 Å². The molecule has 0 spiro atoms. The minimum absolute atomic E-state index is 0.149. The Hall–Kier alpha value is -2.37. The van der Waals surface area contributed by atoms with Crippen molar-refractivity contribution < 1.29 is 0 Å². The third-order valence-corrected chi connectivity index (χ3v) is 2.70. The van der Waals surface area contributed by atoms with Crippen LogP contribution in [0.25, 0.3) is 5.65 Å². The van der Waals surface area contributed by atoms with Gasteiger partial charge in [0.05, 0.1) is 0 Å². The Bertz CT molecular complexity index is 721. The molecule has 0 unspecified atom stereocenters. The van der Waals surface area contributed by atoms with Crippen molar-refractivity contribution in [2.24, 2.45) is 7.05 Å². The maximum Gasteiger partial charge on any atom is 0.350 e. The number of aryl methyl sites for hydroxylation is 1. The first-order valence-corrected chi connectivity index (χ1v) is 5.26. The zero-order valence-corrected chi connectivity index (χ0v) is 9.32. The van der Waals surface area contributed by atoms with Crippen LogP contribution in [0.5, 0.6) is 0 Å². The number of aromatic nitrogens is 5. The summed E-state index contributed by atoms with van der Waals surface area (Å²) < 4.78 is 4.80. The standard InChI is InChI=1S/C11H11N5O/c1-14-7-5-12-10(14)8-16-11(17)15-6-3-2-4-9(15)13-16/h2-7H,8H2,1H3. The van der Waals surface area contributed by atoms with Gasteiger partial charge in [-0.1, -0.05) is 6.07 Å². The van der Waals surface area contributed by atoms with Crippen molar-refractivity contribution in [1.29, 1.82) is 0 Å². The van der Waals surface area contributed by atoms with Gasteiger partial charge in [-0.25, -0.2) is 14.5 Å².